The van der Waals surface area contributed by atoms with Crippen LogP contribution in [-0.2, 0) is 14.3 Å². The third kappa shape index (κ3) is 4.85. The van der Waals surface area contributed by atoms with Gasteiger partial charge in [-0.3, -0.25) is 4.79 Å². The molecule has 8 heteroatoms. The van der Waals surface area contributed by atoms with Crippen molar-refractivity contribution in [2.24, 2.45) is 0 Å². The molecule has 0 bridgehead atoms. The van der Waals surface area contributed by atoms with Crippen LogP contribution >= 0.6 is 0 Å². The molecule has 1 amide bonds. The SMILES string of the molecule is CCOC(=C=O)C(=O)Nc1cccc(OB(O)O)c1. The molecule has 7 nitrogen and oxygen atoms in total. The van der Waals surface area contributed by atoms with Crippen LogP contribution in [0.25, 0.3) is 0 Å². The summed E-state index contributed by atoms with van der Waals surface area (Å²) in [6.45, 7) is 1.79. The highest BCUT2D eigenvalue weighted by Gasteiger charge is 2.14. The van der Waals surface area contributed by atoms with E-state index in [1.54, 1.807) is 6.92 Å². The number of benzene rings is 1. The molecule has 0 fully saturated rings. The molecule has 0 heterocycles. The topological polar surface area (TPSA) is 105 Å². The molecule has 0 aliphatic heterocycles. The van der Waals surface area contributed by atoms with Crippen molar-refractivity contribution < 1.29 is 29.0 Å². The van der Waals surface area contributed by atoms with E-state index >= 15 is 0 Å². The maximum atomic E-state index is 11.6. The zero-order valence-corrected chi connectivity index (χ0v) is 10.1. The average Bonchev–Trinajstić information content (AvgIpc) is 2.35. The van der Waals surface area contributed by atoms with E-state index in [9.17, 15) is 9.59 Å². The van der Waals surface area contributed by atoms with Gasteiger partial charge in [-0.1, -0.05) is 6.07 Å². The van der Waals surface area contributed by atoms with Crippen LogP contribution in [0.4, 0.5) is 5.69 Å². The molecule has 1 rings (SSSR count). The minimum Gasteiger partial charge on any atom is -0.512 e. The van der Waals surface area contributed by atoms with Crippen LogP contribution in [0.2, 0.25) is 0 Å². The van der Waals surface area contributed by atoms with Crippen molar-refractivity contribution in [3.05, 3.63) is 30.0 Å². The summed E-state index contributed by atoms with van der Waals surface area (Å²) in [5.41, 5.74) is 0.301. The highest BCUT2D eigenvalue weighted by Crippen LogP contribution is 2.18. The Morgan fingerprint density at radius 1 is 1.47 bits per heavy atom. The van der Waals surface area contributed by atoms with Gasteiger partial charge in [0.25, 0.3) is 5.76 Å². The van der Waals surface area contributed by atoms with Gasteiger partial charge in [-0.05, 0) is 19.1 Å². The van der Waals surface area contributed by atoms with Crippen LogP contribution in [0.3, 0.4) is 0 Å². The lowest BCUT2D eigenvalue weighted by molar-refractivity contribution is -0.115. The van der Waals surface area contributed by atoms with Gasteiger partial charge in [-0.25, -0.2) is 4.79 Å². The van der Waals surface area contributed by atoms with E-state index in [4.69, 9.17) is 14.8 Å². The van der Waals surface area contributed by atoms with Gasteiger partial charge in [-0.15, -0.1) is 0 Å². The number of rotatable bonds is 6. The molecule has 0 radical (unpaired) electrons. The summed E-state index contributed by atoms with van der Waals surface area (Å²) in [5.74, 6) is 0.317. The van der Waals surface area contributed by atoms with E-state index in [0.29, 0.717) is 5.69 Å². The van der Waals surface area contributed by atoms with Crippen molar-refractivity contribution in [3.63, 3.8) is 0 Å². The molecule has 3 N–H and O–H groups in total. The van der Waals surface area contributed by atoms with Gasteiger partial charge in [0.1, 0.15) is 5.75 Å². The van der Waals surface area contributed by atoms with Gasteiger partial charge in [0.2, 0.25) is 0 Å². The largest absolute Gasteiger partial charge is 0.707 e. The molecule has 0 saturated heterocycles. The van der Waals surface area contributed by atoms with E-state index in [1.807, 2.05) is 0 Å². The van der Waals surface area contributed by atoms with Crippen molar-refractivity contribution in [2.75, 3.05) is 11.9 Å². The highest BCUT2D eigenvalue weighted by molar-refractivity contribution is 6.33. The first kappa shape index (κ1) is 14.8. The monoisotopic (exact) mass is 265 g/mol. The summed E-state index contributed by atoms with van der Waals surface area (Å²) in [5, 5.41) is 19.7. The Morgan fingerprint density at radius 2 is 2.21 bits per heavy atom. The van der Waals surface area contributed by atoms with Gasteiger partial charge in [0.15, 0.2) is 5.94 Å². The Balaban J connectivity index is 2.76. The summed E-state index contributed by atoms with van der Waals surface area (Å²) in [6.07, 6.45) is 0. The normalized spacial score (nSPS) is 9.21. The fourth-order valence-electron chi connectivity index (χ4n) is 1.24. The zero-order valence-electron chi connectivity index (χ0n) is 10.1. The molecule has 0 unspecified atom stereocenters. The quantitative estimate of drug-likeness (QED) is 0.283. The maximum Gasteiger partial charge on any atom is 0.707 e. The van der Waals surface area contributed by atoms with E-state index in [0.717, 1.165) is 0 Å². The third-order valence-corrected chi connectivity index (χ3v) is 1.92. The van der Waals surface area contributed by atoms with Crippen molar-refractivity contribution in [2.45, 2.75) is 6.92 Å². The second kappa shape index (κ2) is 7.22. The number of ether oxygens (including phenoxy) is 1. The minimum absolute atomic E-state index is 0.140. The predicted molar refractivity (Wildman–Crippen MR) is 66.7 cm³/mol. The summed E-state index contributed by atoms with van der Waals surface area (Å²) >= 11 is 0. The first-order valence-electron chi connectivity index (χ1n) is 5.39. The predicted octanol–water partition coefficient (Wildman–Crippen LogP) is -0.275. The van der Waals surface area contributed by atoms with Gasteiger partial charge < -0.3 is 24.8 Å². The number of hydrogen-bond acceptors (Lipinski definition) is 6. The number of nitrogens with one attached hydrogen (secondary N) is 1. The second-order valence-corrected chi connectivity index (χ2v) is 3.29. The lowest BCUT2D eigenvalue weighted by atomic mass is 10.2. The molecule has 0 spiro atoms. The van der Waals surface area contributed by atoms with E-state index in [1.165, 1.54) is 30.2 Å². The first-order chi connectivity index (χ1) is 9.06. The first-order valence-corrected chi connectivity index (χ1v) is 5.39. The summed E-state index contributed by atoms with van der Waals surface area (Å²) in [4.78, 5) is 22.1. The molecule has 1 aromatic rings. The average molecular weight is 265 g/mol. The number of anilines is 1. The van der Waals surface area contributed by atoms with Crippen molar-refractivity contribution in [1.29, 1.82) is 0 Å². The van der Waals surface area contributed by atoms with Crippen LogP contribution in [0, 0.1) is 0 Å². The van der Waals surface area contributed by atoms with Crippen LogP contribution < -0.4 is 9.97 Å². The summed E-state index contributed by atoms with van der Waals surface area (Å²) in [7, 11) is -1.96. The second-order valence-electron chi connectivity index (χ2n) is 3.29. The Bertz CT molecular complexity index is 498. The molecule has 0 aromatic heterocycles. The lowest BCUT2D eigenvalue weighted by Gasteiger charge is -2.09. The zero-order chi connectivity index (χ0) is 14.3. The Kier molecular flexibility index (Phi) is 5.62. The van der Waals surface area contributed by atoms with E-state index < -0.39 is 19.0 Å². The Hall–Kier alpha value is -2.28. The van der Waals surface area contributed by atoms with E-state index in [2.05, 4.69) is 9.97 Å². The van der Waals surface area contributed by atoms with Gasteiger partial charge in [-0.2, -0.15) is 0 Å². The Labute approximate surface area is 109 Å². The molecular weight excluding hydrogens is 253 g/mol. The fraction of sp³-hybridized carbons (Fsp3) is 0.182. The molecule has 0 atom stereocenters. The molecule has 1 aromatic carbocycles. The smallest absolute Gasteiger partial charge is 0.512 e. The fourth-order valence-corrected chi connectivity index (χ4v) is 1.24. The number of carbonyl (C=O) groups is 1. The van der Waals surface area contributed by atoms with Crippen molar-refractivity contribution in [3.8, 4) is 5.75 Å². The van der Waals surface area contributed by atoms with Crippen molar-refractivity contribution >= 4 is 24.9 Å². The lowest BCUT2D eigenvalue weighted by Crippen LogP contribution is -2.21. The van der Waals surface area contributed by atoms with Crippen LogP contribution in [0.15, 0.2) is 30.0 Å². The summed E-state index contributed by atoms with van der Waals surface area (Å²) < 4.78 is 9.40. The molecule has 19 heavy (non-hydrogen) atoms. The van der Waals surface area contributed by atoms with E-state index in [-0.39, 0.29) is 12.4 Å². The van der Waals surface area contributed by atoms with Crippen LogP contribution in [0.1, 0.15) is 6.92 Å². The molecule has 0 saturated carbocycles. The molecule has 100 valence electrons. The maximum absolute atomic E-state index is 11.6. The molecule has 0 aliphatic rings. The standard InChI is InChI=1S/C11H12BNO6/c1-2-18-10(7-14)11(15)13-8-4-3-5-9(6-8)19-12(16)17/h3-6,16-17H,2H2,1H3,(H,13,15). The van der Waals surface area contributed by atoms with Gasteiger partial charge >= 0.3 is 13.2 Å². The summed E-state index contributed by atoms with van der Waals surface area (Å²) in [6, 6.07) is 5.88. The Morgan fingerprint density at radius 3 is 2.79 bits per heavy atom. The number of hydrogen-bond donors (Lipinski definition) is 3. The number of carbonyl (C=O) groups excluding carboxylic acids is 2. The third-order valence-electron chi connectivity index (χ3n) is 1.92. The molecular formula is C11H12BNO6. The van der Waals surface area contributed by atoms with Gasteiger partial charge in [0, 0.05) is 11.8 Å². The highest BCUT2D eigenvalue weighted by atomic mass is 16.6. The number of amides is 1. The molecule has 0 aliphatic carbocycles. The minimum atomic E-state index is -1.96. The van der Waals surface area contributed by atoms with Crippen molar-refractivity contribution in [1.82, 2.24) is 0 Å². The van der Waals surface area contributed by atoms with Crippen LogP contribution in [0.5, 0.6) is 5.75 Å². The van der Waals surface area contributed by atoms with Gasteiger partial charge in [0.05, 0.1) is 6.61 Å². The van der Waals surface area contributed by atoms with Crippen LogP contribution in [-0.4, -0.2) is 35.8 Å².